The van der Waals surface area contributed by atoms with E-state index in [0.717, 1.165) is 43.3 Å². The summed E-state index contributed by atoms with van der Waals surface area (Å²) in [5.74, 6) is 0. The minimum Gasteiger partial charge on any atom is -0.381 e. The molecule has 5 nitrogen and oxygen atoms in total. The maximum atomic E-state index is 5.84. The lowest BCUT2D eigenvalue weighted by molar-refractivity contribution is -0.0949. The normalized spacial score (nSPS) is 18.3. The zero-order chi connectivity index (χ0) is 15.3. The third kappa shape index (κ3) is 4.02. The van der Waals surface area contributed by atoms with Crippen LogP contribution in [-0.2, 0) is 33.0 Å². The van der Waals surface area contributed by atoms with Crippen molar-refractivity contribution >= 4 is 11.3 Å². The van der Waals surface area contributed by atoms with E-state index >= 15 is 0 Å². The Morgan fingerprint density at radius 2 is 2.05 bits per heavy atom. The molecule has 6 heteroatoms. The third-order valence-electron chi connectivity index (χ3n) is 3.81. The van der Waals surface area contributed by atoms with Crippen molar-refractivity contribution in [1.29, 1.82) is 0 Å². The molecule has 1 aliphatic rings. The van der Waals surface area contributed by atoms with E-state index in [1.807, 2.05) is 0 Å². The minimum absolute atomic E-state index is 0.290. The van der Waals surface area contributed by atoms with Crippen molar-refractivity contribution in [3.8, 4) is 0 Å². The Morgan fingerprint density at radius 1 is 1.33 bits per heavy atom. The fourth-order valence-corrected chi connectivity index (χ4v) is 3.71. The van der Waals surface area contributed by atoms with E-state index in [9.17, 15) is 0 Å². The van der Waals surface area contributed by atoms with Gasteiger partial charge in [-0.05, 0) is 0 Å². The first-order valence-electron chi connectivity index (χ1n) is 7.45. The highest BCUT2D eigenvalue weighted by molar-refractivity contribution is 7.11. The first-order chi connectivity index (χ1) is 10.1. The van der Waals surface area contributed by atoms with Gasteiger partial charge in [-0.1, -0.05) is 13.8 Å². The van der Waals surface area contributed by atoms with E-state index in [0.29, 0.717) is 12.6 Å². The molecular weight excluding hydrogens is 288 g/mol. The predicted molar refractivity (Wildman–Crippen MR) is 83.5 cm³/mol. The van der Waals surface area contributed by atoms with Crippen molar-refractivity contribution in [3.63, 3.8) is 0 Å². The van der Waals surface area contributed by atoms with Crippen LogP contribution in [0.5, 0.6) is 0 Å². The molecule has 2 rings (SSSR count). The second-order valence-electron chi connectivity index (χ2n) is 5.67. The van der Waals surface area contributed by atoms with E-state index in [1.165, 1.54) is 4.88 Å². The SMILES string of the molecule is COCc1nc(C2(OC)CCOCC2)sc1CNC(C)C. The van der Waals surface area contributed by atoms with Crippen LogP contribution >= 0.6 is 11.3 Å². The Labute approximate surface area is 131 Å². The average Bonchev–Trinajstić information content (AvgIpc) is 2.90. The van der Waals surface area contributed by atoms with Crippen molar-refractivity contribution in [2.24, 2.45) is 0 Å². The second kappa shape index (κ2) is 7.65. The standard InChI is InChI=1S/C15H26N2O3S/c1-11(2)16-9-13-12(10-18-3)17-14(21-13)15(19-4)5-7-20-8-6-15/h11,16H,5-10H2,1-4H3. The minimum atomic E-state index is -0.290. The number of hydrogen-bond donors (Lipinski definition) is 1. The lowest BCUT2D eigenvalue weighted by Gasteiger charge is -2.33. The molecule has 0 bridgehead atoms. The fraction of sp³-hybridized carbons (Fsp3) is 0.800. The molecule has 1 aliphatic heterocycles. The van der Waals surface area contributed by atoms with Crippen molar-refractivity contribution in [3.05, 3.63) is 15.6 Å². The smallest absolute Gasteiger partial charge is 0.125 e. The van der Waals surface area contributed by atoms with Gasteiger partial charge < -0.3 is 19.5 Å². The summed E-state index contributed by atoms with van der Waals surface area (Å²) in [7, 11) is 3.48. The number of aromatic nitrogens is 1. The molecule has 0 saturated carbocycles. The topological polar surface area (TPSA) is 52.6 Å². The molecule has 0 aromatic carbocycles. The Kier molecular flexibility index (Phi) is 6.13. The molecule has 120 valence electrons. The molecular formula is C15H26N2O3S. The van der Waals surface area contributed by atoms with Gasteiger partial charge in [0.05, 0.1) is 12.3 Å². The quantitative estimate of drug-likeness (QED) is 0.838. The van der Waals surface area contributed by atoms with Crippen molar-refractivity contribution in [2.75, 3.05) is 27.4 Å². The summed E-state index contributed by atoms with van der Waals surface area (Å²) < 4.78 is 16.6. The molecule has 0 unspecified atom stereocenters. The van der Waals surface area contributed by atoms with E-state index < -0.39 is 0 Å². The van der Waals surface area contributed by atoms with Crippen LogP contribution in [-0.4, -0.2) is 38.5 Å². The second-order valence-corrected chi connectivity index (χ2v) is 6.75. The lowest BCUT2D eigenvalue weighted by Crippen LogP contribution is -2.35. The van der Waals surface area contributed by atoms with Gasteiger partial charge in [-0.15, -0.1) is 11.3 Å². The monoisotopic (exact) mass is 314 g/mol. The number of rotatable bonds is 7. The van der Waals surface area contributed by atoms with E-state index in [1.54, 1.807) is 25.6 Å². The number of ether oxygens (including phenoxy) is 3. The van der Waals surface area contributed by atoms with Crippen LogP contribution in [0.2, 0.25) is 0 Å². The number of nitrogens with zero attached hydrogens (tertiary/aromatic N) is 1. The van der Waals surface area contributed by atoms with Crippen molar-refractivity contribution in [2.45, 2.75) is 51.5 Å². The Balaban J connectivity index is 2.24. The molecule has 0 aliphatic carbocycles. The lowest BCUT2D eigenvalue weighted by atomic mass is 9.95. The molecule has 0 spiro atoms. The third-order valence-corrected chi connectivity index (χ3v) is 5.09. The molecule has 1 aromatic rings. The zero-order valence-electron chi connectivity index (χ0n) is 13.4. The Bertz CT molecular complexity index is 442. The van der Waals surface area contributed by atoms with Gasteiger partial charge in [0.2, 0.25) is 0 Å². The van der Waals surface area contributed by atoms with E-state index in [-0.39, 0.29) is 5.60 Å². The summed E-state index contributed by atoms with van der Waals surface area (Å²) in [5, 5.41) is 4.51. The number of hydrogen-bond acceptors (Lipinski definition) is 6. The largest absolute Gasteiger partial charge is 0.381 e. The van der Waals surface area contributed by atoms with Crippen LogP contribution in [0.25, 0.3) is 0 Å². The molecule has 21 heavy (non-hydrogen) atoms. The summed E-state index contributed by atoms with van der Waals surface area (Å²) in [6.45, 7) is 7.12. The van der Waals surface area contributed by atoms with Gasteiger partial charge in [0.15, 0.2) is 0 Å². The van der Waals surface area contributed by atoms with Gasteiger partial charge >= 0.3 is 0 Å². The van der Waals surface area contributed by atoms with Gasteiger partial charge in [0.1, 0.15) is 10.6 Å². The highest BCUT2D eigenvalue weighted by atomic mass is 32.1. The van der Waals surface area contributed by atoms with Crippen LogP contribution in [0.4, 0.5) is 0 Å². The Morgan fingerprint density at radius 3 is 2.62 bits per heavy atom. The summed E-state index contributed by atoms with van der Waals surface area (Å²) in [4.78, 5) is 6.06. The van der Waals surface area contributed by atoms with Gasteiger partial charge in [-0.3, -0.25) is 0 Å². The van der Waals surface area contributed by atoms with Crippen LogP contribution in [0.15, 0.2) is 0 Å². The molecule has 1 saturated heterocycles. The summed E-state index contributed by atoms with van der Waals surface area (Å²) in [6.07, 6.45) is 1.72. The van der Waals surface area contributed by atoms with Gasteiger partial charge in [-0.25, -0.2) is 4.98 Å². The summed E-state index contributed by atoms with van der Waals surface area (Å²) >= 11 is 1.74. The van der Waals surface area contributed by atoms with Crippen LogP contribution in [0, 0.1) is 0 Å². The molecule has 1 fully saturated rings. The average molecular weight is 314 g/mol. The number of methoxy groups -OCH3 is 2. The molecule has 2 heterocycles. The van der Waals surface area contributed by atoms with Crippen LogP contribution in [0.1, 0.15) is 42.3 Å². The first-order valence-corrected chi connectivity index (χ1v) is 8.27. The number of thiazole rings is 1. The molecule has 0 atom stereocenters. The van der Waals surface area contributed by atoms with Crippen LogP contribution in [0.3, 0.4) is 0 Å². The van der Waals surface area contributed by atoms with E-state index in [2.05, 4.69) is 19.2 Å². The highest BCUT2D eigenvalue weighted by Gasteiger charge is 2.38. The van der Waals surface area contributed by atoms with Gasteiger partial charge in [-0.2, -0.15) is 0 Å². The zero-order valence-corrected chi connectivity index (χ0v) is 14.2. The maximum Gasteiger partial charge on any atom is 0.125 e. The van der Waals surface area contributed by atoms with Crippen molar-refractivity contribution < 1.29 is 14.2 Å². The highest BCUT2D eigenvalue weighted by Crippen LogP contribution is 2.39. The van der Waals surface area contributed by atoms with Crippen molar-refractivity contribution in [1.82, 2.24) is 10.3 Å². The first kappa shape index (κ1) is 16.8. The number of nitrogens with one attached hydrogen (secondary N) is 1. The van der Waals surface area contributed by atoms with Gasteiger partial charge in [0.25, 0.3) is 0 Å². The van der Waals surface area contributed by atoms with Gasteiger partial charge in [0, 0.05) is 57.7 Å². The predicted octanol–water partition coefficient (Wildman–Crippen LogP) is 2.44. The molecule has 0 amide bonds. The Hall–Kier alpha value is -0.530. The summed E-state index contributed by atoms with van der Waals surface area (Å²) in [5.41, 5.74) is 0.732. The van der Waals surface area contributed by atoms with Crippen LogP contribution < -0.4 is 5.32 Å². The molecule has 0 radical (unpaired) electrons. The molecule has 1 N–H and O–H groups in total. The summed E-state index contributed by atoms with van der Waals surface area (Å²) in [6, 6.07) is 0.449. The fourth-order valence-electron chi connectivity index (χ4n) is 2.47. The molecule has 1 aromatic heterocycles. The maximum absolute atomic E-state index is 5.84. The van der Waals surface area contributed by atoms with E-state index in [4.69, 9.17) is 19.2 Å².